The quantitative estimate of drug-likeness (QED) is 0.572. The van der Waals surface area contributed by atoms with Gasteiger partial charge in [0.15, 0.2) is 0 Å². The van der Waals surface area contributed by atoms with Gasteiger partial charge in [0.1, 0.15) is 0 Å². The minimum absolute atomic E-state index is 0.794. The SMILES string of the molecule is CCCC[CH]CC12CC3CC(CC(C3)C1)C2. The Balaban J connectivity index is 1.56. The van der Waals surface area contributed by atoms with Crippen LogP contribution in [0.5, 0.6) is 0 Å². The molecule has 4 fully saturated rings. The van der Waals surface area contributed by atoms with Crippen molar-refractivity contribution in [3.8, 4) is 0 Å². The lowest BCUT2D eigenvalue weighted by Gasteiger charge is -2.57. The molecule has 91 valence electrons. The lowest BCUT2D eigenvalue weighted by molar-refractivity contribution is -0.0530. The van der Waals surface area contributed by atoms with Gasteiger partial charge in [-0.15, -0.1) is 0 Å². The average Bonchev–Trinajstić information content (AvgIpc) is 2.22. The van der Waals surface area contributed by atoms with Crippen molar-refractivity contribution in [3.63, 3.8) is 0 Å². The maximum Gasteiger partial charge on any atom is -0.0287 e. The Kier molecular flexibility index (Phi) is 3.02. The van der Waals surface area contributed by atoms with Crippen molar-refractivity contribution >= 4 is 0 Å². The summed E-state index contributed by atoms with van der Waals surface area (Å²) in [7, 11) is 0. The highest BCUT2D eigenvalue weighted by atomic mass is 14.5. The first-order chi connectivity index (χ1) is 7.80. The van der Waals surface area contributed by atoms with Crippen molar-refractivity contribution in [3.05, 3.63) is 6.42 Å². The van der Waals surface area contributed by atoms with Crippen LogP contribution in [0.3, 0.4) is 0 Å². The lowest BCUT2D eigenvalue weighted by Crippen LogP contribution is -2.45. The predicted molar refractivity (Wildman–Crippen MR) is 69.0 cm³/mol. The molecule has 16 heavy (non-hydrogen) atoms. The third kappa shape index (κ3) is 2.05. The first-order valence-electron chi connectivity index (χ1n) is 7.61. The van der Waals surface area contributed by atoms with Crippen molar-refractivity contribution in [2.24, 2.45) is 23.2 Å². The summed E-state index contributed by atoms with van der Waals surface area (Å²) in [5, 5.41) is 0. The van der Waals surface area contributed by atoms with Crippen molar-refractivity contribution in [2.45, 2.75) is 71.1 Å². The van der Waals surface area contributed by atoms with Crippen molar-refractivity contribution in [1.82, 2.24) is 0 Å². The second-order valence-electron chi connectivity index (χ2n) is 7.05. The number of hydrogen-bond acceptors (Lipinski definition) is 0. The van der Waals surface area contributed by atoms with Gasteiger partial charge in [-0.3, -0.25) is 0 Å². The van der Waals surface area contributed by atoms with Gasteiger partial charge < -0.3 is 0 Å². The van der Waals surface area contributed by atoms with Crippen molar-refractivity contribution < 1.29 is 0 Å². The highest BCUT2D eigenvalue weighted by Crippen LogP contribution is 2.61. The van der Waals surface area contributed by atoms with Crippen LogP contribution in [0.15, 0.2) is 0 Å². The highest BCUT2D eigenvalue weighted by Gasteiger charge is 2.50. The second-order valence-corrected chi connectivity index (χ2v) is 7.05. The first-order valence-corrected chi connectivity index (χ1v) is 7.61. The first kappa shape index (κ1) is 11.1. The molecule has 0 unspecified atom stereocenters. The molecule has 0 N–H and O–H groups in total. The Labute approximate surface area is 101 Å². The van der Waals surface area contributed by atoms with E-state index in [9.17, 15) is 0 Å². The van der Waals surface area contributed by atoms with E-state index in [4.69, 9.17) is 0 Å². The van der Waals surface area contributed by atoms with Crippen LogP contribution >= 0.6 is 0 Å². The smallest absolute Gasteiger partial charge is 0.0287 e. The molecule has 4 saturated carbocycles. The van der Waals surface area contributed by atoms with Gasteiger partial charge >= 0.3 is 0 Å². The maximum absolute atomic E-state index is 2.64. The van der Waals surface area contributed by atoms with E-state index >= 15 is 0 Å². The Hall–Kier alpha value is 0. The molecule has 4 aliphatic rings. The molecule has 0 spiro atoms. The van der Waals surface area contributed by atoms with Gasteiger partial charge in [-0.1, -0.05) is 26.2 Å². The van der Waals surface area contributed by atoms with E-state index < -0.39 is 0 Å². The van der Waals surface area contributed by atoms with Gasteiger partial charge in [0.05, 0.1) is 0 Å². The molecule has 1 radical (unpaired) electrons. The van der Waals surface area contributed by atoms with Gasteiger partial charge in [0.25, 0.3) is 0 Å². The summed E-state index contributed by atoms with van der Waals surface area (Å²) in [6.07, 6.45) is 17.8. The van der Waals surface area contributed by atoms with E-state index in [1.54, 1.807) is 38.5 Å². The zero-order chi connectivity index (χ0) is 11.0. The molecule has 0 aliphatic heterocycles. The van der Waals surface area contributed by atoms with Crippen LogP contribution in [0.4, 0.5) is 0 Å². The molecule has 0 heterocycles. The summed E-state index contributed by atoms with van der Waals surface area (Å²) in [5.41, 5.74) is 0.794. The van der Waals surface area contributed by atoms with Gasteiger partial charge in [-0.2, -0.15) is 0 Å². The van der Waals surface area contributed by atoms with Crippen LogP contribution in [0.25, 0.3) is 0 Å². The van der Waals surface area contributed by atoms with E-state index in [-0.39, 0.29) is 0 Å². The summed E-state index contributed by atoms with van der Waals surface area (Å²) in [4.78, 5) is 0. The Bertz CT molecular complexity index is 205. The molecule has 0 heteroatoms. The van der Waals surface area contributed by atoms with Crippen LogP contribution in [-0.4, -0.2) is 0 Å². The molecule has 0 amide bonds. The van der Waals surface area contributed by atoms with Crippen LogP contribution < -0.4 is 0 Å². The number of hydrogen-bond donors (Lipinski definition) is 0. The van der Waals surface area contributed by atoms with Gasteiger partial charge in [0.2, 0.25) is 0 Å². The molecule has 0 aromatic heterocycles. The Morgan fingerprint density at radius 1 is 1.00 bits per heavy atom. The van der Waals surface area contributed by atoms with Crippen LogP contribution in [0.2, 0.25) is 0 Å². The summed E-state index contributed by atoms with van der Waals surface area (Å²) in [6.45, 7) is 2.30. The highest BCUT2D eigenvalue weighted by molar-refractivity contribution is 5.02. The second kappa shape index (κ2) is 4.35. The van der Waals surface area contributed by atoms with E-state index in [1.807, 2.05) is 0 Å². The Morgan fingerprint density at radius 2 is 1.56 bits per heavy atom. The fourth-order valence-electron chi connectivity index (χ4n) is 5.30. The zero-order valence-corrected chi connectivity index (χ0v) is 10.9. The minimum Gasteiger partial charge on any atom is -0.0654 e. The molecule has 0 aromatic carbocycles. The van der Waals surface area contributed by atoms with Gasteiger partial charge in [-0.25, -0.2) is 0 Å². The summed E-state index contributed by atoms with van der Waals surface area (Å²) in [5.74, 6) is 3.39. The molecule has 4 rings (SSSR count). The average molecular weight is 219 g/mol. The molecule has 4 aliphatic carbocycles. The predicted octanol–water partition coefficient (Wildman–Crippen LogP) is 4.99. The van der Waals surface area contributed by atoms with E-state index in [2.05, 4.69) is 13.3 Å². The summed E-state index contributed by atoms with van der Waals surface area (Å²) < 4.78 is 0. The standard InChI is InChI=1S/C16H27/c1-2-3-4-5-6-16-10-13-7-14(11-16)9-15(8-13)12-16/h5,13-15H,2-4,6-12H2,1H3. The summed E-state index contributed by atoms with van der Waals surface area (Å²) in [6, 6.07) is 0. The molecule has 0 atom stereocenters. The third-order valence-electron chi connectivity index (χ3n) is 5.50. The zero-order valence-electron chi connectivity index (χ0n) is 10.9. The molecule has 0 saturated heterocycles. The summed E-state index contributed by atoms with van der Waals surface area (Å²) >= 11 is 0. The fourth-order valence-corrected chi connectivity index (χ4v) is 5.30. The largest absolute Gasteiger partial charge is 0.0654 e. The third-order valence-corrected chi connectivity index (χ3v) is 5.50. The van der Waals surface area contributed by atoms with Crippen LogP contribution in [-0.2, 0) is 0 Å². The fraction of sp³-hybridized carbons (Fsp3) is 0.938. The van der Waals surface area contributed by atoms with Crippen molar-refractivity contribution in [2.75, 3.05) is 0 Å². The van der Waals surface area contributed by atoms with E-state index in [1.165, 1.54) is 25.7 Å². The monoisotopic (exact) mass is 219 g/mol. The lowest BCUT2D eigenvalue weighted by atomic mass is 9.48. The molecule has 4 bridgehead atoms. The maximum atomic E-state index is 2.64. The van der Waals surface area contributed by atoms with E-state index in [0.717, 1.165) is 23.2 Å². The number of rotatable bonds is 5. The van der Waals surface area contributed by atoms with Crippen LogP contribution in [0.1, 0.15) is 71.1 Å². The van der Waals surface area contributed by atoms with E-state index in [0.29, 0.717) is 0 Å². The molecule has 0 nitrogen and oxygen atoms in total. The van der Waals surface area contributed by atoms with Gasteiger partial charge in [0, 0.05) is 0 Å². The Morgan fingerprint density at radius 3 is 2.06 bits per heavy atom. The number of unbranched alkanes of at least 4 members (excludes halogenated alkanes) is 3. The molecular weight excluding hydrogens is 192 g/mol. The van der Waals surface area contributed by atoms with Crippen LogP contribution in [0, 0.1) is 29.6 Å². The van der Waals surface area contributed by atoms with Gasteiger partial charge in [-0.05, 0) is 74.5 Å². The normalized spacial score (nSPS) is 45.2. The molecule has 0 aromatic rings. The molecular formula is C16H27. The van der Waals surface area contributed by atoms with Crippen molar-refractivity contribution in [1.29, 1.82) is 0 Å². The minimum atomic E-state index is 0.794. The topological polar surface area (TPSA) is 0 Å².